The summed E-state index contributed by atoms with van der Waals surface area (Å²) in [4.78, 5) is 0. The molecule has 0 aromatic carbocycles. The fourth-order valence-corrected chi connectivity index (χ4v) is 1.60. The van der Waals surface area contributed by atoms with E-state index in [9.17, 15) is 4.39 Å². The maximum absolute atomic E-state index is 13.5. The van der Waals surface area contributed by atoms with Crippen LogP contribution >= 0.6 is 0 Å². The summed E-state index contributed by atoms with van der Waals surface area (Å²) in [6.45, 7) is 6.52. The predicted octanol–water partition coefficient (Wildman–Crippen LogP) is 2.55. The summed E-state index contributed by atoms with van der Waals surface area (Å²) in [5.74, 6) is 0.161. The Morgan fingerprint density at radius 1 is 1.64 bits per heavy atom. The molecule has 0 amide bonds. The van der Waals surface area contributed by atoms with Crippen LogP contribution in [0.15, 0.2) is 0 Å². The van der Waals surface area contributed by atoms with Crippen molar-refractivity contribution in [2.24, 2.45) is 5.92 Å². The molecule has 0 N–H and O–H groups in total. The third-order valence-corrected chi connectivity index (χ3v) is 2.79. The molecule has 1 saturated heterocycles. The van der Waals surface area contributed by atoms with Gasteiger partial charge in [-0.2, -0.15) is 0 Å². The van der Waals surface area contributed by atoms with E-state index in [4.69, 9.17) is 4.74 Å². The molecule has 0 aromatic rings. The molecule has 1 nitrogen and oxygen atoms in total. The van der Waals surface area contributed by atoms with Crippen molar-refractivity contribution in [3.05, 3.63) is 0 Å². The lowest BCUT2D eigenvalue weighted by Crippen LogP contribution is -2.46. The molecule has 0 spiro atoms. The fraction of sp³-hybridized carbons (Fsp3) is 1.00. The number of halogens is 1. The Bertz CT molecular complexity index is 138. The molecule has 0 saturated carbocycles. The molecule has 0 aliphatic carbocycles. The lowest BCUT2D eigenvalue weighted by atomic mass is 9.84. The molecule has 3 atom stereocenters. The number of hydrogen-bond acceptors (Lipinski definition) is 1. The van der Waals surface area contributed by atoms with Gasteiger partial charge in [0.2, 0.25) is 0 Å². The molecule has 0 radical (unpaired) electrons. The first-order valence-electron chi connectivity index (χ1n) is 4.38. The summed E-state index contributed by atoms with van der Waals surface area (Å²) in [7, 11) is 0. The van der Waals surface area contributed by atoms with Crippen LogP contribution in [0.4, 0.5) is 4.39 Å². The molecule has 1 aliphatic heterocycles. The van der Waals surface area contributed by atoms with E-state index >= 15 is 0 Å². The average Bonchev–Trinajstić information content (AvgIpc) is 2.00. The minimum Gasteiger partial charge on any atom is -0.372 e. The van der Waals surface area contributed by atoms with Crippen LogP contribution in [0.2, 0.25) is 0 Å². The quantitative estimate of drug-likeness (QED) is 0.572. The predicted molar refractivity (Wildman–Crippen MR) is 43.3 cm³/mol. The van der Waals surface area contributed by atoms with Gasteiger partial charge < -0.3 is 4.74 Å². The first kappa shape index (κ1) is 8.98. The molecule has 0 aromatic heterocycles. The van der Waals surface area contributed by atoms with Crippen molar-refractivity contribution in [1.82, 2.24) is 0 Å². The van der Waals surface area contributed by atoms with Crippen molar-refractivity contribution in [2.75, 3.05) is 6.61 Å². The molecule has 1 aliphatic rings. The van der Waals surface area contributed by atoms with Crippen molar-refractivity contribution in [3.63, 3.8) is 0 Å². The van der Waals surface area contributed by atoms with Gasteiger partial charge in [0.1, 0.15) is 6.17 Å². The summed E-state index contributed by atoms with van der Waals surface area (Å²) in [6, 6.07) is 0. The summed E-state index contributed by atoms with van der Waals surface area (Å²) < 4.78 is 18.9. The second-order valence-corrected chi connectivity index (χ2v) is 3.68. The van der Waals surface area contributed by atoms with Crippen molar-refractivity contribution in [2.45, 2.75) is 45.4 Å². The van der Waals surface area contributed by atoms with Crippen LogP contribution in [0.25, 0.3) is 0 Å². The first-order chi connectivity index (χ1) is 5.10. The highest BCUT2D eigenvalue weighted by molar-refractivity contribution is 4.89. The van der Waals surface area contributed by atoms with E-state index in [1.165, 1.54) is 0 Å². The zero-order chi connectivity index (χ0) is 8.48. The van der Waals surface area contributed by atoms with Gasteiger partial charge in [0.25, 0.3) is 0 Å². The van der Waals surface area contributed by atoms with Gasteiger partial charge in [0.05, 0.1) is 5.60 Å². The van der Waals surface area contributed by atoms with Crippen LogP contribution < -0.4 is 0 Å². The highest BCUT2D eigenvalue weighted by Crippen LogP contribution is 2.33. The van der Waals surface area contributed by atoms with Gasteiger partial charge in [-0.3, -0.25) is 0 Å². The molecule has 1 rings (SSSR count). The van der Waals surface area contributed by atoms with Gasteiger partial charge in [-0.05, 0) is 25.7 Å². The van der Waals surface area contributed by atoms with Crippen molar-refractivity contribution < 1.29 is 9.13 Å². The van der Waals surface area contributed by atoms with E-state index in [-0.39, 0.29) is 5.92 Å². The summed E-state index contributed by atoms with van der Waals surface area (Å²) in [6.07, 6.45) is 0.830. The summed E-state index contributed by atoms with van der Waals surface area (Å²) >= 11 is 0. The van der Waals surface area contributed by atoms with Crippen LogP contribution in [0.5, 0.6) is 0 Å². The topological polar surface area (TPSA) is 9.23 Å². The smallest absolute Gasteiger partial charge is 0.131 e. The number of rotatable bonds is 1. The maximum Gasteiger partial charge on any atom is 0.131 e. The second-order valence-electron chi connectivity index (χ2n) is 3.68. The van der Waals surface area contributed by atoms with E-state index in [0.717, 1.165) is 12.8 Å². The largest absolute Gasteiger partial charge is 0.372 e. The van der Waals surface area contributed by atoms with E-state index in [1.54, 1.807) is 0 Å². The number of alkyl halides is 1. The van der Waals surface area contributed by atoms with Gasteiger partial charge >= 0.3 is 0 Å². The molecule has 2 heteroatoms. The SMILES string of the molecule is CC[C@]1(C)OCCC(C)[C@@H]1F. The lowest BCUT2D eigenvalue weighted by molar-refractivity contribution is -0.138. The Balaban J connectivity index is 2.64. The Morgan fingerprint density at radius 2 is 2.27 bits per heavy atom. The number of ether oxygens (including phenoxy) is 1. The standard InChI is InChI=1S/C9H17FO/c1-4-9(3)8(10)7(2)5-6-11-9/h7-8H,4-6H2,1-3H3/t7?,8-,9-/m0/s1. The zero-order valence-electron chi connectivity index (χ0n) is 7.56. The highest BCUT2D eigenvalue weighted by Gasteiger charge is 2.40. The van der Waals surface area contributed by atoms with Crippen LogP contribution in [-0.4, -0.2) is 18.4 Å². The molecule has 11 heavy (non-hydrogen) atoms. The molecule has 0 bridgehead atoms. The Labute approximate surface area is 67.9 Å². The zero-order valence-corrected chi connectivity index (χ0v) is 7.56. The molecular formula is C9H17FO. The summed E-state index contributed by atoms with van der Waals surface area (Å²) in [5.41, 5.74) is -0.516. The van der Waals surface area contributed by atoms with Gasteiger partial charge in [-0.15, -0.1) is 0 Å². The number of hydrogen-bond donors (Lipinski definition) is 0. The fourth-order valence-electron chi connectivity index (χ4n) is 1.60. The van der Waals surface area contributed by atoms with Crippen LogP contribution in [0.3, 0.4) is 0 Å². The summed E-state index contributed by atoms with van der Waals surface area (Å²) in [5, 5.41) is 0. The normalized spacial score (nSPS) is 45.8. The Kier molecular flexibility index (Phi) is 2.53. The van der Waals surface area contributed by atoms with Crippen LogP contribution in [0.1, 0.15) is 33.6 Å². The molecule has 66 valence electrons. The Hall–Kier alpha value is -0.110. The van der Waals surface area contributed by atoms with Gasteiger partial charge in [-0.1, -0.05) is 13.8 Å². The van der Waals surface area contributed by atoms with Gasteiger partial charge in [-0.25, -0.2) is 4.39 Å². The second kappa shape index (κ2) is 3.10. The maximum atomic E-state index is 13.5. The third kappa shape index (κ3) is 1.56. The van der Waals surface area contributed by atoms with Crippen molar-refractivity contribution >= 4 is 0 Å². The first-order valence-corrected chi connectivity index (χ1v) is 4.38. The van der Waals surface area contributed by atoms with E-state index in [1.807, 2.05) is 20.8 Å². The highest BCUT2D eigenvalue weighted by atomic mass is 19.1. The lowest BCUT2D eigenvalue weighted by Gasteiger charge is -2.39. The third-order valence-electron chi connectivity index (χ3n) is 2.79. The minimum absolute atomic E-state index is 0.161. The Morgan fingerprint density at radius 3 is 2.73 bits per heavy atom. The molecular weight excluding hydrogens is 143 g/mol. The van der Waals surface area contributed by atoms with Gasteiger partial charge in [0.15, 0.2) is 0 Å². The monoisotopic (exact) mass is 160 g/mol. The molecule has 1 unspecified atom stereocenters. The average molecular weight is 160 g/mol. The van der Waals surface area contributed by atoms with Crippen LogP contribution in [0, 0.1) is 5.92 Å². The molecule has 1 fully saturated rings. The minimum atomic E-state index is -0.791. The van der Waals surface area contributed by atoms with Crippen LogP contribution in [-0.2, 0) is 4.74 Å². The van der Waals surface area contributed by atoms with Crippen molar-refractivity contribution in [1.29, 1.82) is 0 Å². The molecule has 1 heterocycles. The van der Waals surface area contributed by atoms with Crippen molar-refractivity contribution in [3.8, 4) is 0 Å². The van der Waals surface area contributed by atoms with E-state index in [0.29, 0.717) is 6.61 Å². The van der Waals surface area contributed by atoms with E-state index in [2.05, 4.69) is 0 Å². The van der Waals surface area contributed by atoms with Gasteiger partial charge in [0, 0.05) is 6.61 Å². The van der Waals surface area contributed by atoms with E-state index < -0.39 is 11.8 Å².